The van der Waals surface area contributed by atoms with Gasteiger partial charge in [-0.15, -0.1) is 0 Å². The van der Waals surface area contributed by atoms with Crippen LogP contribution in [0.2, 0.25) is 0 Å². The van der Waals surface area contributed by atoms with Gasteiger partial charge in [0.15, 0.2) is 17.8 Å². The first kappa shape index (κ1) is 31.6. The molecule has 46 heavy (non-hydrogen) atoms. The Morgan fingerprint density at radius 3 is 2.09 bits per heavy atom. The van der Waals surface area contributed by atoms with Crippen LogP contribution in [0.25, 0.3) is 0 Å². The fourth-order valence-electron chi connectivity index (χ4n) is 8.79. The normalized spacial score (nSPS) is 35.1. The molecule has 8 heteroatoms. The average molecular weight is 631 g/mol. The quantitative estimate of drug-likeness (QED) is 0.264. The van der Waals surface area contributed by atoms with Crippen molar-refractivity contribution in [3.05, 3.63) is 95.1 Å². The zero-order chi connectivity index (χ0) is 31.8. The molecule has 3 fully saturated rings. The highest BCUT2D eigenvalue weighted by Crippen LogP contribution is 2.62. The third-order valence-electron chi connectivity index (χ3n) is 11.3. The summed E-state index contributed by atoms with van der Waals surface area (Å²) in [7, 11) is 0. The summed E-state index contributed by atoms with van der Waals surface area (Å²) in [6, 6.07) is 24.9. The Morgan fingerprint density at radius 2 is 1.43 bits per heavy atom. The Morgan fingerprint density at radius 1 is 0.783 bits per heavy atom. The lowest BCUT2D eigenvalue weighted by Gasteiger charge is -2.51. The second-order valence-electron chi connectivity index (χ2n) is 13.9. The summed E-state index contributed by atoms with van der Waals surface area (Å²) in [5, 5.41) is 40.9. The smallest absolute Gasteiger partial charge is 0.186 e. The third-order valence-corrected chi connectivity index (χ3v) is 11.3. The molecule has 2 saturated carbocycles. The highest BCUT2D eigenvalue weighted by Gasteiger charge is 2.57. The van der Waals surface area contributed by atoms with E-state index in [9.17, 15) is 20.4 Å². The maximum Gasteiger partial charge on any atom is 0.186 e. The number of benzene rings is 3. The number of aliphatic hydroxyl groups excluding tert-OH is 4. The lowest BCUT2D eigenvalue weighted by molar-refractivity contribution is -0.319. The maximum atomic E-state index is 10.7. The minimum atomic E-state index is -1.44. The van der Waals surface area contributed by atoms with Crippen molar-refractivity contribution in [2.75, 3.05) is 6.61 Å². The standard InChI is InChI=1S/C38H46O8/c1-38-17-16-26-27(29(38)14-15-33(38)46-37-36(42)35(41)34(40)32(20-39)45-37)13-12-25-18-30(43-21-23-8-4-2-5-9-23)31(19-28(25)26)44-22-24-10-6-3-7-11-24/h2-11,18-19,26-27,29,32-37,39-42H,12-17,20-22H2,1H3/t26?,27?,29?,32-,33-,34-,35+,36-,37+,38+/m1/s1. The summed E-state index contributed by atoms with van der Waals surface area (Å²) >= 11 is 0. The molecule has 0 spiro atoms. The van der Waals surface area contributed by atoms with Gasteiger partial charge in [0.2, 0.25) is 0 Å². The molecule has 0 amide bonds. The van der Waals surface area contributed by atoms with Crippen LogP contribution in [0.3, 0.4) is 0 Å². The average Bonchev–Trinajstić information content (AvgIpc) is 3.42. The highest BCUT2D eigenvalue weighted by atomic mass is 16.7. The van der Waals surface area contributed by atoms with Crippen LogP contribution in [0.5, 0.6) is 11.5 Å². The molecular formula is C38H46O8. The van der Waals surface area contributed by atoms with Crippen LogP contribution >= 0.6 is 0 Å². The number of aliphatic hydroxyl groups is 4. The maximum absolute atomic E-state index is 10.7. The molecule has 0 bridgehead atoms. The van der Waals surface area contributed by atoms with Crippen LogP contribution in [0, 0.1) is 17.3 Å². The molecule has 3 unspecified atom stereocenters. The van der Waals surface area contributed by atoms with Crippen LogP contribution < -0.4 is 9.47 Å². The SMILES string of the molecule is C[C@]12CCC3c4cc(OCc5ccccc5)c(OCc5ccccc5)cc4CCC3C1CC[C@H]2O[C@@H]1O[C@H](CO)[C@@H](O)[C@H](O)[C@H]1O. The van der Waals surface area contributed by atoms with Crippen molar-refractivity contribution in [2.45, 2.75) is 101 Å². The fourth-order valence-corrected chi connectivity index (χ4v) is 8.79. The number of fused-ring (bicyclic) bond motifs is 5. The van der Waals surface area contributed by atoms with Gasteiger partial charge >= 0.3 is 0 Å². The van der Waals surface area contributed by atoms with Crippen molar-refractivity contribution in [1.82, 2.24) is 0 Å². The molecule has 246 valence electrons. The molecule has 4 N–H and O–H groups in total. The van der Waals surface area contributed by atoms with Gasteiger partial charge in [0.25, 0.3) is 0 Å². The van der Waals surface area contributed by atoms with Gasteiger partial charge in [0, 0.05) is 0 Å². The first-order chi connectivity index (χ1) is 22.4. The molecular weight excluding hydrogens is 584 g/mol. The number of hydrogen-bond donors (Lipinski definition) is 4. The Balaban J connectivity index is 1.11. The zero-order valence-electron chi connectivity index (χ0n) is 26.4. The lowest BCUT2D eigenvalue weighted by atomic mass is 9.55. The summed E-state index contributed by atoms with van der Waals surface area (Å²) in [6.45, 7) is 2.78. The Hall–Kier alpha value is -2.98. The third kappa shape index (κ3) is 5.96. The Labute approximate surface area is 270 Å². The van der Waals surface area contributed by atoms with E-state index in [1.54, 1.807) is 0 Å². The molecule has 1 saturated heterocycles. The van der Waals surface area contributed by atoms with Gasteiger partial charge in [-0.25, -0.2) is 0 Å². The monoisotopic (exact) mass is 630 g/mol. The lowest BCUT2D eigenvalue weighted by Crippen LogP contribution is -2.60. The zero-order valence-corrected chi connectivity index (χ0v) is 26.4. The minimum absolute atomic E-state index is 0.108. The number of rotatable bonds is 9. The van der Waals surface area contributed by atoms with Crippen molar-refractivity contribution in [1.29, 1.82) is 0 Å². The molecule has 3 aromatic carbocycles. The van der Waals surface area contributed by atoms with Gasteiger partial charge < -0.3 is 39.4 Å². The summed E-state index contributed by atoms with van der Waals surface area (Å²) in [5.41, 5.74) is 4.82. The molecule has 3 aromatic rings. The van der Waals surface area contributed by atoms with Crippen molar-refractivity contribution < 1.29 is 39.4 Å². The number of hydrogen-bond acceptors (Lipinski definition) is 8. The van der Waals surface area contributed by atoms with Crippen LogP contribution in [0.4, 0.5) is 0 Å². The van der Waals surface area contributed by atoms with E-state index < -0.39 is 37.3 Å². The number of aryl methyl sites for hydroxylation is 1. The molecule has 8 nitrogen and oxygen atoms in total. The Kier molecular flexibility index (Phi) is 9.11. The van der Waals surface area contributed by atoms with Gasteiger partial charge in [-0.05, 0) is 96.1 Å². The van der Waals surface area contributed by atoms with E-state index in [2.05, 4.69) is 43.3 Å². The molecule has 3 aliphatic carbocycles. The van der Waals surface area contributed by atoms with Crippen LogP contribution in [-0.2, 0) is 29.1 Å². The predicted octanol–water partition coefficient (Wildman–Crippen LogP) is 4.89. The summed E-state index contributed by atoms with van der Waals surface area (Å²) < 4.78 is 25.0. The van der Waals surface area contributed by atoms with E-state index in [0.717, 1.165) is 61.2 Å². The molecule has 1 aliphatic heterocycles. The first-order valence-electron chi connectivity index (χ1n) is 16.8. The minimum Gasteiger partial charge on any atom is -0.485 e. The summed E-state index contributed by atoms with van der Waals surface area (Å²) in [4.78, 5) is 0. The van der Waals surface area contributed by atoms with E-state index in [1.807, 2.05) is 36.4 Å². The Bertz CT molecular complexity index is 1460. The van der Waals surface area contributed by atoms with Gasteiger partial charge in [0.05, 0.1) is 12.7 Å². The van der Waals surface area contributed by atoms with Crippen molar-refractivity contribution in [3.63, 3.8) is 0 Å². The highest BCUT2D eigenvalue weighted by molar-refractivity contribution is 5.50. The van der Waals surface area contributed by atoms with E-state index in [1.165, 1.54) is 11.1 Å². The second kappa shape index (κ2) is 13.3. The van der Waals surface area contributed by atoms with Gasteiger partial charge in [0.1, 0.15) is 37.6 Å². The predicted molar refractivity (Wildman–Crippen MR) is 171 cm³/mol. The van der Waals surface area contributed by atoms with Gasteiger partial charge in [-0.1, -0.05) is 67.6 Å². The second-order valence-corrected chi connectivity index (χ2v) is 13.9. The van der Waals surface area contributed by atoms with Crippen molar-refractivity contribution in [2.24, 2.45) is 17.3 Å². The summed E-state index contributed by atoms with van der Waals surface area (Å²) in [6.07, 6.45) is -0.538. The van der Waals surface area contributed by atoms with Gasteiger partial charge in [-0.3, -0.25) is 0 Å². The summed E-state index contributed by atoms with van der Waals surface area (Å²) in [5.74, 6) is 2.91. The first-order valence-corrected chi connectivity index (χ1v) is 16.8. The number of ether oxygens (including phenoxy) is 4. The molecule has 7 rings (SSSR count). The molecule has 10 atom stereocenters. The van der Waals surface area contributed by atoms with E-state index in [-0.39, 0.29) is 11.5 Å². The topological polar surface area (TPSA) is 118 Å². The van der Waals surface area contributed by atoms with E-state index >= 15 is 0 Å². The van der Waals surface area contributed by atoms with Crippen LogP contribution in [-0.4, -0.2) is 63.8 Å². The van der Waals surface area contributed by atoms with Crippen LogP contribution in [0.1, 0.15) is 67.2 Å². The van der Waals surface area contributed by atoms with Crippen molar-refractivity contribution >= 4 is 0 Å². The van der Waals surface area contributed by atoms with E-state index in [4.69, 9.17) is 18.9 Å². The fraction of sp³-hybridized carbons (Fsp3) is 0.526. The van der Waals surface area contributed by atoms with Crippen LogP contribution in [0.15, 0.2) is 72.8 Å². The molecule has 1 heterocycles. The largest absolute Gasteiger partial charge is 0.485 e. The molecule has 0 radical (unpaired) electrons. The molecule has 4 aliphatic rings. The van der Waals surface area contributed by atoms with Gasteiger partial charge in [-0.2, -0.15) is 0 Å². The van der Waals surface area contributed by atoms with Crippen molar-refractivity contribution in [3.8, 4) is 11.5 Å². The molecule has 0 aromatic heterocycles. The van der Waals surface area contributed by atoms with E-state index in [0.29, 0.717) is 31.0 Å².